The highest BCUT2D eigenvalue weighted by Gasteiger charge is 2.20. The smallest absolute Gasteiger partial charge is 0.255 e. The van der Waals surface area contributed by atoms with Crippen molar-refractivity contribution in [3.63, 3.8) is 0 Å². The SMILES string of the molecule is O=C(Nc1ccc2c(c1)OCCCO2)c1ccc(S(=O)(=O)NC[C@@H]2CCCO2)cc1. The topological polar surface area (TPSA) is 103 Å². The number of carbonyl (C=O) groups is 1. The van der Waals surface area contributed by atoms with Gasteiger partial charge in [0.25, 0.3) is 5.91 Å². The van der Waals surface area contributed by atoms with Gasteiger partial charge in [0.15, 0.2) is 11.5 Å². The molecule has 1 amide bonds. The van der Waals surface area contributed by atoms with E-state index >= 15 is 0 Å². The van der Waals surface area contributed by atoms with Crippen LogP contribution in [0.3, 0.4) is 0 Å². The van der Waals surface area contributed by atoms with Gasteiger partial charge in [0, 0.05) is 36.9 Å². The molecule has 0 aliphatic carbocycles. The number of hydrogen-bond acceptors (Lipinski definition) is 6. The standard InChI is InChI=1S/C21H24N2O6S/c24-21(23-16-6-9-19-20(13-16)29-12-2-11-28-19)15-4-7-18(8-5-15)30(25,26)22-14-17-3-1-10-27-17/h4-9,13,17,22H,1-3,10-12,14H2,(H,23,24)/t17-/m0/s1. The van der Waals surface area contributed by atoms with Crippen molar-refractivity contribution < 1.29 is 27.4 Å². The normalized spacial score (nSPS) is 18.6. The summed E-state index contributed by atoms with van der Waals surface area (Å²) in [6.07, 6.45) is 2.51. The molecule has 1 atom stereocenters. The van der Waals surface area contributed by atoms with Crippen LogP contribution in [0.2, 0.25) is 0 Å². The van der Waals surface area contributed by atoms with E-state index in [1.807, 2.05) is 0 Å². The van der Waals surface area contributed by atoms with Crippen molar-refractivity contribution in [3.8, 4) is 11.5 Å². The first-order valence-corrected chi connectivity index (χ1v) is 11.4. The second kappa shape index (κ2) is 9.03. The van der Waals surface area contributed by atoms with Gasteiger partial charge in [-0.1, -0.05) is 0 Å². The van der Waals surface area contributed by atoms with Gasteiger partial charge in [0.2, 0.25) is 10.0 Å². The number of amides is 1. The molecule has 0 bridgehead atoms. The van der Waals surface area contributed by atoms with E-state index in [1.54, 1.807) is 18.2 Å². The van der Waals surface area contributed by atoms with E-state index in [-0.39, 0.29) is 23.5 Å². The van der Waals surface area contributed by atoms with Crippen molar-refractivity contribution >= 4 is 21.6 Å². The van der Waals surface area contributed by atoms with E-state index in [2.05, 4.69) is 10.0 Å². The lowest BCUT2D eigenvalue weighted by Gasteiger charge is -2.12. The molecule has 0 unspecified atom stereocenters. The molecule has 30 heavy (non-hydrogen) atoms. The third kappa shape index (κ3) is 4.92. The first-order valence-electron chi connectivity index (χ1n) is 9.94. The van der Waals surface area contributed by atoms with Crippen molar-refractivity contribution in [3.05, 3.63) is 48.0 Å². The fraction of sp³-hybridized carbons (Fsp3) is 0.381. The van der Waals surface area contributed by atoms with E-state index in [0.29, 0.717) is 42.6 Å². The Balaban J connectivity index is 1.39. The number of ether oxygens (including phenoxy) is 3. The van der Waals surface area contributed by atoms with Gasteiger partial charge >= 0.3 is 0 Å². The summed E-state index contributed by atoms with van der Waals surface area (Å²) in [5.74, 6) is 0.889. The molecule has 0 saturated carbocycles. The number of carbonyl (C=O) groups excluding carboxylic acids is 1. The second-order valence-corrected chi connectivity index (χ2v) is 8.94. The molecule has 9 heteroatoms. The highest BCUT2D eigenvalue weighted by atomic mass is 32.2. The summed E-state index contributed by atoms with van der Waals surface area (Å²) in [6, 6.07) is 11.0. The maximum absolute atomic E-state index is 12.5. The molecular formula is C21H24N2O6S. The van der Waals surface area contributed by atoms with Crippen LogP contribution < -0.4 is 19.5 Å². The van der Waals surface area contributed by atoms with E-state index in [1.165, 1.54) is 24.3 Å². The molecule has 2 aromatic rings. The minimum absolute atomic E-state index is 0.0832. The maximum atomic E-state index is 12.5. The van der Waals surface area contributed by atoms with Crippen LogP contribution >= 0.6 is 0 Å². The number of fused-ring (bicyclic) bond motifs is 1. The number of sulfonamides is 1. The molecule has 8 nitrogen and oxygen atoms in total. The molecule has 1 saturated heterocycles. The number of nitrogens with one attached hydrogen (secondary N) is 2. The predicted octanol–water partition coefficient (Wildman–Crippen LogP) is 2.56. The first-order chi connectivity index (χ1) is 14.5. The summed E-state index contributed by atoms with van der Waals surface area (Å²) in [5.41, 5.74) is 0.916. The van der Waals surface area contributed by atoms with Gasteiger partial charge in [0.05, 0.1) is 24.2 Å². The third-order valence-corrected chi connectivity index (χ3v) is 6.40. The van der Waals surface area contributed by atoms with Gasteiger partial charge in [-0.05, 0) is 49.2 Å². The monoisotopic (exact) mass is 432 g/mol. The Morgan fingerprint density at radius 1 is 0.967 bits per heavy atom. The molecule has 2 N–H and O–H groups in total. The Morgan fingerprint density at radius 3 is 2.47 bits per heavy atom. The number of benzene rings is 2. The fourth-order valence-electron chi connectivity index (χ4n) is 3.32. The Labute approximate surface area is 175 Å². The molecule has 2 aromatic carbocycles. The predicted molar refractivity (Wildman–Crippen MR) is 111 cm³/mol. The molecule has 2 aliphatic rings. The fourth-order valence-corrected chi connectivity index (χ4v) is 4.39. The van der Waals surface area contributed by atoms with E-state index in [4.69, 9.17) is 14.2 Å². The van der Waals surface area contributed by atoms with Gasteiger partial charge in [-0.15, -0.1) is 0 Å². The summed E-state index contributed by atoms with van der Waals surface area (Å²) >= 11 is 0. The molecule has 0 spiro atoms. The highest BCUT2D eigenvalue weighted by molar-refractivity contribution is 7.89. The number of anilines is 1. The summed E-state index contributed by atoms with van der Waals surface area (Å²) in [7, 11) is -3.65. The molecule has 1 fully saturated rings. The molecule has 0 aromatic heterocycles. The van der Waals surface area contributed by atoms with Crippen molar-refractivity contribution in [2.45, 2.75) is 30.3 Å². The molecule has 4 rings (SSSR count). The van der Waals surface area contributed by atoms with Gasteiger partial charge < -0.3 is 19.5 Å². The average molecular weight is 432 g/mol. The Hall–Kier alpha value is -2.62. The highest BCUT2D eigenvalue weighted by Crippen LogP contribution is 2.32. The van der Waals surface area contributed by atoms with Crippen LogP contribution in [0.25, 0.3) is 0 Å². The molecule has 2 heterocycles. The van der Waals surface area contributed by atoms with Crippen LogP contribution in [0, 0.1) is 0 Å². The van der Waals surface area contributed by atoms with Gasteiger partial charge in [0.1, 0.15) is 0 Å². The van der Waals surface area contributed by atoms with Gasteiger partial charge in [-0.25, -0.2) is 13.1 Å². The van der Waals surface area contributed by atoms with Crippen LogP contribution in [-0.4, -0.2) is 46.8 Å². The summed E-state index contributed by atoms with van der Waals surface area (Å²) in [4.78, 5) is 12.7. The third-order valence-electron chi connectivity index (χ3n) is 4.96. The van der Waals surface area contributed by atoms with Gasteiger partial charge in [-0.2, -0.15) is 0 Å². The van der Waals surface area contributed by atoms with E-state index in [9.17, 15) is 13.2 Å². The quantitative estimate of drug-likeness (QED) is 0.727. The average Bonchev–Trinajstić information content (AvgIpc) is 3.17. The van der Waals surface area contributed by atoms with Crippen LogP contribution in [0.1, 0.15) is 29.6 Å². The molecular weight excluding hydrogens is 408 g/mol. The molecule has 0 radical (unpaired) electrons. The van der Waals surface area contributed by atoms with E-state index < -0.39 is 10.0 Å². The van der Waals surface area contributed by atoms with Crippen molar-refractivity contribution in [1.29, 1.82) is 0 Å². The second-order valence-electron chi connectivity index (χ2n) is 7.18. The van der Waals surface area contributed by atoms with Crippen LogP contribution in [0.4, 0.5) is 5.69 Å². The summed E-state index contributed by atoms with van der Waals surface area (Å²) in [6.45, 7) is 2.06. The molecule has 2 aliphatic heterocycles. The van der Waals surface area contributed by atoms with Crippen molar-refractivity contribution in [2.24, 2.45) is 0 Å². The summed E-state index contributed by atoms with van der Waals surface area (Å²) in [5, 5.41) is 2.79. The zero-order valence-corrected chi connectivity index (χ0v) is 17.2. The van der Waals surface area contributed by atoms with Gasteiger partial charge in [-0.3, -0.25) is 4.79 Å². The van der Waals surface area contributed by atoms with Crippen LogP contribution in [0.5, 0.6) is 11.5 Å². The zero-order valence-electron chi connectivity index (χ0n) is 16.4. The minimum atomic E-state index is -3.65. The number of hydrogen-bond donors (Lipinski definition) is 2. The van der Waals surface area contributed by atoms with Crippen molar-refractivity contribution in [1.82, 2.24) is 4.72 Å². The first kappa shape index (κ1) is 20.6. The van der Waals surface area contributed by atoms with Crippen LogP contribution in [-0.2, 0) is 14.8 Å². The Kier molecular flexibility index (Phi) is 6.21. The van der Waals surface area contributed by atoms with E-state index in [0.717, 1.165) is 19.3 Å². The largest absolute Gasteiger partial charge is 0.490 e. The summed E-state index contributed by atoms with van der Waals surface area (Å²) < 4.78 is 44.1. The lowest BCUT2D eigenvalue weighted by Crippen LogP contribution is -2.31. The Bertz CT molecular complexity index is 1000. The molecule has 160 valence electrons. The lowest BCUT2D eigenvalue weighted by atomic mass is 10.2. The minimum Gasteiger partial charge on any atom is -0.490 e. The van der Waals surface area contributed by atoms with Crippen LogP contribution in [0.15, 0.2) is 47.4 Å². The zero-order chi connectivity index (χ0) is 21.0. The maximum Gasteiger partial charge on any atom is 0.255 e. The van der Waals surface area contributed by atoms with Crippen molar-refractivity contribution in [2.75, 3.05) is 31.7 Å². The lowest BCUT2D eigenvalue weighted by molar-refractivity contribution is 0.102. The Morgan fingerprint density at radius 2 is 1.73 bits per heavy atom. The number of rotatable bonds is 6.